The molecule has 2 rings (SSSR count). The average molecular weight is 262 g/mol. The van der Waals surface area contributed by atoms with E-state index in [4.69, 9.17) is 14.6 Å². The summed E-state index contributed by atoms with van der Waals surface area (Å²) < 4.78 is 11.0. The van der Waals surface area contributed by atoms with Crippen molar-refractivity contribution in [2.45, 2.75) is 26.2 Å². The van der Waals surface area contributed by atoms with Gasteiger partial charge in [0.1, 0.15) is 13.2 Å². The molecule has 1 aromatic carbocycles. The van der Waals surface area contributed by atoms with Crippen molar-refractivity contribution in [3.05, 3.63) is 29.8 Å². The first-order valence-electron chi connectivity index (χ1n) is 6.51. The third-order valence-corrected chi connectivity index (χ3v) is 2.96. The monoisotopic (exact) mass is 262 g/mol. The summed E-state index contributed by atoms with van der Waals surface area (Å²) >= 11 is 0. The molecule has 4 nitrogen and oxygen atoms in total. The molecule has 0 saturated heterocycles. The van der Waals surface area contributed by atoms with Crippen molar-refractivity contribution >= 4 is 11.5 Å². The molecule has 1 aliphatic heterocycles. The third kappa shape index (κ3) is 3.50. The van der Waals surface area contributed by atoms with Gasteiger partial charge in [0.15, 0.2) is 11.5 Å². The Kier molecular flexibility index (Phi) is 4.44. The van der Waals surface area contributed by atoms with Crippen LogP contribution in [0.2, 0.25) is 0 Å². The van der Waals surface area contributed by atoms with Crippen molar-refractivity contribution in [2.75, 3.05) is 13.2 Å². The zero-order chi connectivity index (χ0) is 13.7. The molecular formula is C15H18O4. The van der Waals surface area contributed by atoms with Crippen LogP contribution in [0.1, 0.15) is 31.7 Å². The quantitative estimate of drug-likeness (QED) is 0.885. The fourth-order valence-electron chi connectivity index (χ4n) is 2.09. The first-order chi connectivity index (χ1) is 9.20. The molecule has 102 valence electrons. The lowest BCUT2D eigenvalue weighted by Crippen LogP contribution is -2.15. The van der Waals surface area contributed by atoms with Crippen molar-refractivity contribution in [3.63, 3.8) is 0 Å². The Balaban J connectivity index is 2.26. The largest absolute Gasteiger partial charge is 0.486 e. The van der Waals surface area contributed by atoms with Gasteiger partial charge < -0.3 is 14.6 Å². The molecule has 1 aromatic rings. The van der Waals surface area contributed by atoms with Crippen molar-refractivity contribution in [3.8, 4) is 11.5 Å². The van der Waals surface area contributed by atoms with Crippen LogP contribution in [-0.2, 0) is 4.79 Å². The zero-order valence-corrected chi connectivity index (χ0v) is 11.0. The number of fused-ring (bicyclic) bond motifs is 1. The van der Waals surface area contributed by atoms with E-state index in [2.05, 4.69) is 6.92 Å². The Hall–Kier alpha value is -1.97. The fraction of sp³-hybridized carbons (Fsp3) is 0.400. The van der Waals surface area contributed by atoms with Gasteiger partial charge >= 0.3 is 5.97 Å². The number of allylic oxidation sites excluding steroid dienone is 1. The average Bonchev–Trinajstić information content (AvgIpc) is 2.42. The minimum atomic E-state index is -0.814. The van der Waals surface area contributed by atoms with E-state index in [9.17, 15) is 4.79 Å². The second-order valence-electron chi connectivity index (χ2n) is 4.44. The van der Waals surface area contributed by atoms with E-state index in [-0.39, 0.29) is 6.42 Å². The first-order valence-corrected chi connectivity index (χ1v) is 6.51. The Bertz CT molecular complexity index is 491. The number of aliphatic carboxylic acids is 1. The lowest BCUT2D eigenvalue weighted by molar-refractivity contribution is -0.135. The van der Waals surface area contributed by atoms with Gasteiger partial charge in [-0.25, -0.2) is 0 Å². The number of benzene rings is 1. The summed E-state index contributed by atoms with van der Waals surface area (Å²) in [6, 6.07) is 5.77. The summed E-state index contributed by atoms with van der Waals surface area (Å²) in [5, 5.41) is 8.78. The van der Waals surface area contributed by atoms with Crippen molar-refractivity contribution in [2.24, 2.45) is 0 Å². The highest BCUT2D eigenvalue weighted by Crippen LogP contribution is 2.34. The normalized spacial score (nSPS) is 14.3. The van der Waals surface area contributed by atoms with Gasteiger partial charge in [-0.2, -0.15) is 0 Å². The van der Waals surface area contributed by atoms with Crippen molar-refractivity contribution in [1.29, 1.82) is 0 Å². The second kappa shape index (κ2) is 6.27. The smallest absolute Gasteiger partial charge is 0.307 e. The van der Waals surface area contributed by atoms with Gasteiger partial charge in [-0.1, -0.05) is 25.5 Å². The maximum atomic E-state index is 10.7. The summed E-state index contributed by atoms with van der Waals surface area (Å²) in [5.74, 6) is 0.677. The van der Waals surface area contributed by atoms with Crippen molar-refractivity contribution < 1.29 is 19.4 Å². The van der Waals surface area contributed by atoms with Crippen LogP contribution >= 0.6 is 0 Å². The molecular weight excluding hydrogens is 244 g/mol. The molecule has 0 bridgehead atoms. The van der Waals surface area contributed by atoms with Crippen molar-refractivity contribution in [1.82, 2.24) is 0 Å². The van der Waals surface area contributed by atoms with Gasteiger partial charge in [-0.15, -0.1) is 0 Å². The van der Waals surface area contributed by atoms with Gasteiger partial charge in [0, 0.05) is 0 Å². The lowest BCUT2D eigenvalue weighted by Gasteiger charge is -2.19. The number of carboxylic acids is 1. The van der Waals surface area contributed by atoms with Crippen LogP contribution in [0.5, 0.6) is 11.5 Å². The highest BCUT2D eigenvalue weighted by atomic mass is 16.6. The Morgan fingerprint density at radius 1 is 1.32 bits per heavy atom. The van der Waals surface area contributed by atoms with Crippen LogP contribution in [-0.4, -0.2) is 24.3 Å². The maximum Gasteiger partial charge on any atom is 0.307 e. The Morgan fingerprint density at radius 3 is 2.74 bits per heavy atom. The number of rotatable bonds is 5. The second-order valence-corrected chi connectivity index (χ2v) is 4.44. The molecule has 0 atom stereocenters. The summed E-state index contributed by atoms with van der Waals surface area (Å²) in [7, 11) is 0. The SMILES string of the molecule is CCC/C(=C\CC(=O)O)c1ccc2c(c1)OCCO2. The molecule has 19 heavy (non-hydrogen) atoms. The number of ether oxygens (including phenoxy) is 2. The summed E-state index contributed by atoms with van der Waals surface area (Å²) in [4.78, 5) is 10.7. The molecule has 0 radical (unpaired) electrons. The summed E-state index contributed by atoms with van der Waals surface area (Å²) in [5.41, 5.74) is 2.05. The standard InChI is InChI=1S/C15H18O4/c1-2-3-11(5-7-15(16)17)12-4-6-13-14(10-12)19-9-8-18-13/h4-6,10H,2-3,7-9H2,1H3,(H,16,17)/b11-5+. The van der Waals surface area contributed by atoms with Gasteiger partial charge in [0.2, 0.25) is 0 Å². The first kappa shape index (κ1) is 13.5. The van der Waals surface area contributed by atoms with E-state index in [0.717, 1.165) is 35.5 Å². The molecule has 0 amide bonds. The number of carboxylic acid groups (broad SMARTS) is 1. The Labute approximate surface area is 112 Å². The number of hydrogen-bond acceptors (Lipinski definition) is 3. The van der Waals surface area contributed by atoms with E-state index >= 15 is 0 Å². The number of hydrogen-bond donors (Lipinski definition) is 1. The topological polar surface area (TPSA) is 55.8 Å². The summed E-state index contributed by atoms with van der Waals surface area (Å²) in [6.07, 6.45) is 3.65. The molecule has 0 spiro atoms. The van der Waals surface area contributed by atoms with Crippen LogP contribution in [0.25, 0.3) is 5.57 Å². The van der Waals surface area contributed by atoms with E-state index in [0.29, 0.717) is 13.2 Å². The van der Waals surface area contributed by atoms with Crippen LogP contribution in [0.3, 0.4) is 0 Å². The van der Waals surface area contributed by atoms with Crippen LogP contribution in [0.4, 0.5) is 0 Å². The molecule has 0 aromatic heterocycles. The molecule has 1 heterocycles. The third-order valence-electron chi connectivity index (χ3n) is 2.96. The lowest BCUT2D eigenvalue weighted by atomic mass is 9.99. The van der Waals surface area contributed by atoms with E-state index in [1.54, 1.807) is 6.08 Å². The molecule has 4 heteroatoms. The van der Waals surface area contributed by atoms with Gasteiger partial charge in [0.25, 0.3) is 0 Å². The van der Waals surface area contributed by atoms with Crippen LogP contribution in [0, 0.1) is 0 Å². The minimum Gasteiger partial charge on any atom is -0.486 e. The summed E-state index contributed by atoms with van der Waals surface area (Å²) in [6.45, 7) is 3.20. The predicted molar refractivity (Wildman–Crippen MR) is 72.6 cm³/mol. The fourth-order valence-corrected chi connectivity index (χ4v) is 2.09. The minimum absolute atomic E-state index is 0.0454. The van der Waals surface area contributed by atoms with Gasteiger partial charge in [0.05, 0.1) is 6.42 Å². The van der Waals surface area contributed by atoms with E-state index < -0.39 is 5.97 Å². The Morgan fingerprint density at radius 2 is 2.05 bits per heavy atom. The molecule has 1 N–H and O–H groups in total. The predicted octanol–water partition coefficient (Wildman–Crippen LogP) is 3.12. The number of carbonyl (C=O) groups is 1. The van der Waals surface area contributed by atoms with Crippen LogP contribution < -0.4 is 9.47 Å². The highest BCUT2D eigenvalue weighted by molar-refractivity contribution is 5.75. The molecule has 0 fully saturated rings. The van der Waals surface area contributed by atoms with E-state index in [1.807, 2.05) is 18.2 Å². The highest BCUT2D eigenvalue weighted by Gasteiger charge is 2.13. The van der Waals surface area contributed by atoms with E-state index in [1.165, 1.54) is 0 Å². The van der Waals surface area contributed by atoms with Gasteiger partial charge in [-0.3, -0.25) is 4.79 Å². The maximum absolute atomic E-state index is 10.7. The molecule has 0 saturated carbocycles. The zero-order valence-electron chi connectivity index (χ0n) is 11.0. The van der Waals surface area contributed by atoms with Gasteiger partial charge in [-0.05, 0) is 29.7 Å². The molecule has 0 aliphatic carbocycles. The molecule has 1 aliphatic rings. The molecule has 0 unspecified atom stereocenters. The van der Waals surface area contributed by atoms with Crippen LogP contribution in [0.15, 0.2) is 24.3 Å².